The SMILES string of the molecule is CN(C)C(=O)CC=N. The van der Waals surface area contributed by atoms with Crippen LogP contribution in [0.3, 0.4) is 0 Å². The van der Waals surface area contributed by atoms with Gasteiger partial charge in [-0.15, -0.1) is 0 Å². The van der Waals surface area contributed by atoms with Gasteiger partial charge in [-0.1, -0.05) is 0 Å². The quantitative estimate of drug-likeness (QED) is 0.509. The third-order valence-electron chi connectivity index (χ3n) is 0.775. The van der Waals surface area contributed by atoms with Gasteiger partial charge in [0.25, 0.3) is 0 Å². The second-order valence-electron chi connectivity index (χ2n) is 1.70. The summed E-state index contributed by atoms with van der Waals surface area (Å²) in [6.45, 7) is 0. The minimum atomic E-state index is -0.0278. The molecule has 3 heteroatoms. The maximum atomic E-state index is 10.5. The average Bonchev–Trinajstić information content (AvgIpc) is 1.67. The van der Waals surface area contributed by atoms with Crippen LogP contribution in [0.4, 0.5) is 0 Å². The van der Waals surface area contributed by atoms with Gasteiger partial charge in [-0.3, -0.25) is 4.79 Å². The molecule has 1 N–H and O–H groups in total. The summed E-state index contributed by atoms with van der Waals surface area (Å²) in [5, 5.41) is 6.55. The van der Waals surface area contributed by atoms with Crippen molar-refractivity contribution in [1.29, 1.82) is 5.41 Å². The molecule has 0 heterocycles. The van der Waals surface area contributed by atoms with Crippen LogP contribution >= 0.6 is 0 Å². The van der Waals surface area contributed by atoms with E-state index in [9.17, 15) is 4.79 Å². The van der Waals surface area contributed by atoms with Gasteiger partial charge in [0.05, 0.1) is 6.42 Å². The van der Waals surface area contributed by atoms with Gasteiger partial charge in [0.1, 0.15) is 0 Å². The summed E-state index contributed by atoms with van der Waals surface area (Å²) in [6.07, 6.45) is 1.31. The Labute approximate surface area is 48.8 Å². The van der Waals surface area contributed by atoms with Gasteiger partial charge in [0.15, 0.2) is 0 Å². The molecule has 0 spiro atoms. The topological polar surface area (TPSA) is 44.2 Å². The van der Waals surface area contributed by atoms with E-state index in [0.29, 0.717) is 0 Å². The lowest BCUT2D eigenvalue weighted by Crippen LogP contribution is -2.21. The highest BCUT2D eigenvalue weighted by Gasteiger charge is 1.97. The number of rotatable bonds is 2. The number of hydrogen-bond acceptors (Lipinski definition) is 2. The predicted molar refractivity (Wildman–Crippen MR) is 32.1 cm³/mol. The minimum Gasteiger partial charge on any atom is -0.349 e. The highest BCUT2D eigenvalue weighted by molar-refractivity contribution is 5.88. The zero-order valence-corrected chi connectivity index (χ0v) is 5.14. The van der Waals surface area contributed by atoms with Gasteiger partial charge >= 0.3 is 0 Å². The van der Waals surface area contributed by atoms with Crippen molar-refractivity contribution in [3.8, 4) is 0 Å². The van der Waals surface area contributed by atoms with E-state index in [4.69, 9.17) is 5.41 Å². The molecular weight excluding hydrogens is 104 g/mol. The lowest BCUT2D eigenvalue weighted by atomic mass is 10.4. The van der Waals surface area contributed by atoms with Gasteiger partial charge in [-0.05, 0) is 0 Å². The molecule has 0 aliphatic carbocycles. The molecule has 1 amide bonds. The zero-order chi connectivity index (χ0) is 6.57. The molecule has 0 unspecified atom stereocenters. The number of carbonyl (C=O) groups is 1. The Kier molecular flexibility index (Phi) is 2.84. The monoisotopic (exact) mass is 114 g/mol. The van der Waals surface area contributed by atoms with Crippen LogP contribution in [0.2, 0.25) is 0 Å². The Morgan fingerprint density at radius 3 is 2.38 bits per heavy atom. The first-order valence-electron chi connectivity index (χ1n) is 2.37. The van der Waals surface area contributed by atoms with E-state index in [2.05, 4.69) is 0 Å². The molecule has 0 aromatic carbocycles. The van der Waals surface area contributed by atoms with Crippen LogP contribution < -0.4 is 0 Å². The lowest BCUT2D eigenvalue weighted by Gasteiger charge is -2.05. The third kappa shape index (κ3) is 2.34. The number of nitrogens with zero attached hydrogens (tertiary/aromatic N) is 1. The fraction of sp³-hybridized carbons (Fsp3) is 0.600. The Morgan fingerprint density at radius 1 is 1.75 bits per heavy atom. The van der Waals surface area contributed by atoms with Crippen molar-refractivity contribution in [3.63, 3.8) is 0 Å². The summed E-state index contributed by atoms with van der Waals surface area (Å²) in [4.78, 5) is 12.0. The van der Waals surface area contributed by atoms with Gasteiger partial charge in [-0.2, -0.15) is 0 Å². The van der Waals surface area contributed by atoms with E-state index < -0.39 is 0 Å². The maximum absolute atomic E-state index is 10.5. The van der Waals surface area contributed by atoms with E-state index >= 15 is 0 Å². The summed E-state index contributed by atoms with van der Waals surface area (Å²) in [7, 11) is 3.34. The van der Waals surface area contributed by atoms with Crippen LogP contribution in [0.1, 0.15) is 6.42 Å². The van der Waals surface area contributed by atoms with Crippen LogP contribution in [0, 0.1) is 5.41 Å². The van der Waals surface area contributed by atoms with Crippen LogP contribution in [-0.4, -0.2) is 31.1 Å². The van der Waals surface area contributed by atoms with Crippen LogP contribution in [-0.2, 0) is 4.79 Å². The zero-order valence-electron chi connectivity index (χ0n) is 5.14. The van der Waals surface area contributed by atoms with Crippen molar-refractivity contribution in [1.82, 2.24) is 4.90 Å². The van der Waals surface area contributed by atoms with Crippen LogP contribution in [0.5, 0.6) is 0 Å². The summed E-state index contributed by atoms with van der Waals surface area (Å²) in [5.41, 5.74) is 0. The van der Waals surface area contributed by atoms with Gasteiger partial charge < -0.3 is 10.3 Å². The van der Waals surface area contributed by atoms with E-state index in [-0.39, 0.29) is 12.3 Å². The molecule has 0 aromatic heterocycles. The fourth-order valence-electron chi connectivity index (χ4n) is 0.270. The van der Waals surface area contributed by atoms with Crippen molar-refractivity contribution < 1.29 is 4.79 Å². The molecule has 0 aromatic rings. The first-order valence-corrected chi connectivity index (χ1v) is 2.37. The smallest absolute Gasteiger partial charge is 0.227 e. The molecule has 8 heavy (non-hydrogen) atoms. The molecule has 0 fully saturated rings. The van der Waals surface area contributed by atoms with Crippen molar-refractivity contribution >= 4 is 12.1 Å². The maximum Gasteiger partial charge on any atom is 0.227 e. The Bertz CT molecular complexity index is 98.6. The van der Waals surface area contributed by atoms with Crippen LogP contribution in [0.15, 0.2) is 0 Å². The van der Waals surface area contributed by atoms with Crippen molar-refractivity contribution in [2.24, 2.45) is 0 Å². The van der Waals surface area contributed by atoms with Gasteiger partial charge in [0, 0.05) is 20.3 Å². The third-order valence-corrected chi connectivity index (χ3v) is 0.775. The molecule has 3 nitrogen and oxygen atoms in total. The van der Waals surface area contributed by atoms with Crippen molar-refractivity contribution in [3.05, 3.63) is 0 Å². The summed E-state index contributed by atoms with van der Waals surface area (Å²) in [6, 6.07) is 0. The molecule has 0 aliphatic rings. The molecule has 0 saturated heterocycles. The number of amides is 1. The second-order valence-corrected chi connectivity index (χ2v) is 1.70. The van der Waals surface area contributed by atoms with E-state index in [1.54, 1.807) is 14.1 Å². The number of nitrogens with one attached hydrogen (secondary N) is 1. The average molecular weight is 114 g/mol. The Hall–Kier alpha value is -0.860. The molecule has 46 valence electrons. The summed E-state index contributed by atoms with van der Waals surface area (Å²) < 4.78 is 0. The van der Waals surface area contributed by atoms with Crippen LogP contribution in [0.25, 0.3) is 0 Å². The van der Waals surface area contributed by atoms with E-state index in [1.807, 2.05) is 0 Å². The first-order chi connectivity index (χ1) is 3.68. The predicted octanol–water partition coefficient (Wildman–Crippen LogP) is 0.114. The molecule has 0 aliphatic heterocycles. The number of carbonyl (C=O) groups excluding carboxylic acids is 1. The molecule has 0 rings (SSSR count). The largest absolute Gasteiger partial charge is 0.349 e. The van der Waals surface area contributed by atoms with Crippen molar-refractivity contribution in [2.75, 3.05) is 14.1 Å². The first kappa shape index (κ1) is 7.14. The highest BCUT2D eigenvalue weighted by Crippen LogP contribution is 1.80. The van der Waals surface area contributed by atoms with Gasteiger partial charge in [-0.25, -0.2) is 0 Å². The van der Waals surface area contributed by atoms with Gasteiger partial charge in [0.2, 0.25) is 5.91 Å². The highest BCUT2D eigenvalue weighted by atomic mass is 16.2. The van der Waals surface area contributed by atoms with E-state index in [1.165, 1.54) is 4.90 Å². The number of hydrogen-bond donors (Lipinski definition) is 1. The minimum absolute atomic E-state index is 0.0278. The molecule has 0 radical (unpaired) electrons. The summed E-state index contributed by atoms with van der Waals surface area (Å²) in [5.74, 6) is -0.0278. The normalized spacial score (nSPS) is 8.25. The molecule has 0 bridgehead atoms. The Morgan fingerprint density at radius 2 is 2.25 bits per heavy atom. The molecular formula is C5H10N2O. The van der Waals surface area contributed by atoms with E-state index in [0.717, 1.165) is 6.21 Å². The molecule has 0 saturated carbocycles. The molecule has 0 atom stereocenters. The standard InChI is InChI=1S/C5H10N2O/c1-7(2)5(8)3-4-6/h4,6H,3H2,1-2H3. The summed E-state index contributed by atoms with van der Waals surface area (Å²) >= 11 is 0. The second kappa shape index (κ2) is 3.18. The Balaban J connectivity index is 3.48. The van der Waals surface area contributed by atoms with Crippen molar-refractivity contribution in [2.45, 2.75) is 6.42 Å². The lowest BCUT2D eigenvalue weighted by molar-refractivity contribution is -0.127. The fourth-order valence-corrected chi connectivity index (χ4v) is 0.270.